The van der Waals surface area contributed by atoms with E-state index in [-0.39, 0.29) is 17.5 Å². The van der Waals surface area contributed by atoms with Crippen molar-refractivity contribution in [2.75, 3.05) is 13.7 Å². The van der Waals surface area contributed by atoms with E-state index in [4.69, 9.17) is 14.9 Å². The van der Waals surface area contributed by atoms with Gasteiger partial charge in [-0.3, -0.25) is 4.79 Å². The van der Waals surface area contributed by atoms with E-state index in [1.165, 1.54) is 6.34 Å². The number of methoxy groups -OCH3 is 1. The van der Waals surface area contributed by atoms with Crippen LogP contribution in [0.3, 0.4) is 0 Å². The fourth-order valence-electron chi connectivity index (χ4n) is 4.29. The Labute approximate surface area is 182 Å². The maximum atomic E-state index is 13.8. The number of carbonyl (C=O) groups excluding carboxylic acids is 1. The highest BCUT2D eigenvalue weighted by atomic mass is 16.5. The molecular weight excluding hydrogens is 392 g/mol. The number of aryl methyl sites for hydroxylation is 1. The lowest BCUT2D eigenvalue weighted by molar-refractivity contribution is 0.0732. The van der Waals surface area contributed by atoms with Crippen LogP contribution in [0.5, 0.6) is 5.75 Å². The molecule has 1 aliphatic carbocycles. The Morgan fingerprint density at radius 3 is 2.90 bits per heavy atom. The van der Waals surface area contributed by atoms with Gasteiger partial charge in [0.2, 0.25) is 0 Å². The molecule has 1 atom stereocenters. The number of hydrogen-bond acceptors (Lipinski definition) is 5. The lowest BCUT2D eigenvalue weighted by atomic mass is 10.0. The first kappa shape index (κ1) is 21.0. The number of benzene rings is 1. The number of amides is 1. The third-order valence-corrected chi connectivity index (χ3v) is 6.22. The average molecular weight is 423 g/mol. The molecule has 1 aromatic heterocycles. The van der Waals surface area contributed by atoms with Gasteiger partial charge in [0.1, 0.15) is 22.7 Å². The maximum absolute atomic E-state index is 13.8. The van der Waals surface area contributed by atoms with Crippen molar-refractivity contribution in [3.63, 3.8) is 0 Å². The van der Waals surface area contributed by atoms with Gasteiger partial charge in [-0.05, 0) is 57.2 Å². The number of hydrogen-bond donors (Lipinski definition) is 2. The molecule has 0 radical (unpaired) electrons. The number of nitrogens with one attached hydrogen (secondary N) is 1. The number of rotatable bonds is 6. The van der Waals surface area contributed by atoms with Crippen molar-refractivity contribution in [2.24, 2.45) is 10.7 Å². The predicted molar refractivity (Wildman–Crippen MR) is 121 cm³/mol. The smallest absolute Gasteiger partial charge is 0.258 e. The summed E-state index contributed by atoms with van der Waals surface area (Å²) in [5, 5.41) is 4.03. The second-order valence-corrected chi connectivity index (χ2v) is 8.58. The Balaban J connectivity index is 1.78. The minimum Gasteiger partial charge on any atom is -0.497 e. The van der Waals surface area contributed by atoms with E-state index >= 15 is 0 Å². The van der Waals surface area contributed by atoms with Crippen LogP contribution in [0.4, 0.5) is 0 Å². The molecule has 1 saturated heterocycles. The maximum Gasteiger partial charge on any atom is 0.258 e. The molecule has 164 valence electrons. The quantitative estimate of drug-likeness (QED) is 0.550. The summed E-state index contributed by atoms with van der Waals surface area (Å²) in [7, 11) is 1.65. The Bertz CT molecular complexity index is 1130. The predicted octanol–water partition coefficient (Wildman–Crippen LogP) is 2.18. The molecule has 1 unspecified atom stereocenters. The minimum absolute atomic E-state index is 0.0200. The van der Waals surface area contributed by atoms with Crippen molar-refractivity contribution in [3.8, 4) is 5.75 Å². The zero-order chi connectivity index (χ0) is 22.2. The van der Waals surface area contributed by atoms with Gasteiger partial charge in [0.25, 0.3) is 5.91 Å². The van der Waals surface area contributed by atoms with Crippen LogP contribution >= 0.6 is 0 Å². The lowest BCUT2D eigenvalue weighted by Crippen LogP contribution is -2.40. The summed E-state index contributed by atoms with van der Waals surface area (Å²) in [6, 6.07) is 7.89. The number of nitrogens with two attached hydrogens (primary N) is 1. The van der Waals surface area contributed by atoms with Crippen LogP contribution in [0.15, 0.2) is 33.7 Å². The number of furan rings is 1. The van der Waals surface area contributed by atoms with E-state index in [0.29, 0.717) is 34.3 Å². The molecule has 1 saturated carbocycles. The lowest BCUT2D eigenvalue weighted by Gasteiger charge is -2.25. The van der Waals surface area contributed by atoms with Crippen molar-refractivity contribution >= 4 is 24.6 Å². The van der Waals surface area contributed by atoms with Gasteiger partial charge in [0, 0.05) is 12.1 Å². The molecule has 2 fully saturated rings. The van der Waals surface area contributed by atoms with Crippen LogP contribution in [0.25, 0.3) is 12.4 Å². The van der Waals surface area contributed by atoms with E-state index in [2.05, 4.69) is 23.8 Å². The van der Waals surface area contributed by atoms with Crippen LogP contribution in [0.2, 0.25) is 0 Å². The zero-order valence-electron chi connectivity index (χ0n) is 18.4. The van der Waals surface area contributed by atoms with Gasteiger partial charge in [-0.15, -0.1) is 0 Å². The molecule has 3 N–H and O–H groups in total. The zero-order valence-corrected chi connectivity index (χ0v) is 18.4. The van der Waals surface area contributed by atoms with Gasteiger partial charge in [-0.2, -0.15) is 0 Å². The first-order valence-corrected chi connectivity index (χ1v) is 10.7. The van der Waals surface area contributed by atoms with Crippen molar-refractivity contribution in [2.45, 2.75) is 51.1 Å². The second-order valence-electron chi connectivity index (χ2n) is 8.58. The normalized spacial score (nSPS) is 20.7. The van der Waals surface area contributed by atoms with Crippen LogP contribution in [0.1, 0.15) is 60.3 Å². The van der Waals surface area contributed by atoms with Crippen molar-refractivity contribution in [3.05, 3.63) is 51.8 Å². The van der Waals surface area contributed by atoms with E-state index in [1.54, 1.807) is 14.0 Å². The van der Waals surface area contributed by atoms with Crippen LogP contribution < -0.4 is 26.4 Å². The summed E-state index contributed by atoms with van der Waals surface area (Å²) >= 11 is 0. The first-order valence-electron chi connectivity index (χ1n) is 10.7. The molecule has 1 aromatic carbocycles. The second kappa shape index (κ2) is 8.13. The first-order chi connectivity index (χ1) is 14.9. The highest BCUT2D eigenvalue weighted by Crippen LogP contribution is 2.36. The summed E-state index contributed by atoms with van der Waals surface area (Å²) < 4.78 is 11.2. The molecule has 2 aliphatic rings. The molecule has 1 aliphatic heterocycles. The summed E-state index contributed by atoms with van der Waals surface area (Å²) in [6.07, 6.45) is 5.14. The molecule has 7 heteroatoms. The average Bonchev–Trinajstić information content (AvgIpc) is 3.15. The fourth-order valence-corrected chi connectivity index (χ4v) is 4.29. The van der Waals surface area contributed by atoms with E-state index in [0.717, 1.165) is 37.0 Å². The Morgan fingerprint density at radius 1 is 1.45 bits per heavy atom. The monoisotopic (exact) mass is 422 g/mol. The number of ether oxygens (including phenoxy) is 1. The molecule has 2 heterocycles. The van der Waals surface area contributed by atoms with Crippen LogP contribution in [-0.2, 0) is 0 Å². The summed E-state index contributed by atoms with van der Waals surface area (Å²) in [5.41, 5.74) is 7.56. The topological polar surface area (TPSA) is 93.1 Å². The number of carbonyl (C=O) groups is 1. The number of nitrogens with zero attached hydrogens (tertiary/aromatic N) is 2. The molecule has 0 spiro atoms. The molecule has 31 heavy (non-hydrogen) atoms. The van der Waals surface area contributed by atoms with E-state index in [1.807, 2.05) is 29.2 Å². The highest BCUT2D eigenvalue weighted by molar-refractivity contribution is 5.96. The van der Waals surface area contributed by atoms with Crippen LogP contribution in [0, 0.1) is 6.92 Å². The Hall–Kier alpha value is -3.22. The van der Waals surface area contributed by atoms with Gasteiger partial charge in [-0.1, -0.05) is 18.7 Å². The standard InChI is InChI=1S/C24H30N4O3/c1-15-20(22(26-14-25)27-24(3)10-11-24)21(16(2)31-15)23(29)28-12-6-9-19(28)17-7-5-8-18(13-17)30-4/h5,7-8,13-14,19,27H,1,6,9-12H2,2-4H3,(H2,25,26)/b22-20-. The van der Waals surface area contributed by atoms with Gasteiger partial charge < -0.3 is 25.1 Å². The molecule has 0 bridgehead atoms. The summed E-state index contributed by atoms with van der Waals surface area (Å²) in [4.78, 5) is 20.1. The van der Waals surface area contributed by atoms with Gasteiger partial charge in [0.05, 0.1) is 30.3 Å². The van der Waals surface area contributed by atoms with Gasteiger partial charge >= 0.3 is 0 Å². The number of likely N-dealkylation sites (tertiary alicyclic amines) is 1. The molecule has 7 nitrogen and oxygen atoms in total. The van der Waals surface area contributed by atoms with Crippen molar-refractivity contribution in [1.82, 2.24) is 10.2 Å². The van der Waals surface area contributed by atoms with E-state index in [9.17, 15) is 4.79 Å². The highest BCUT2D eigenvalue weighted by Gasteiger charge is 2.39. The largest absolute Gasteiger partial charge is 0.497 e. The van der Waals surface area contributed by atoms with Gasteiger partial charge in [0.15, 0.2) is 0 Å². The van der Waals surface area contributed by atoms with Gasteiger partial charge in [-0.25, -0.2) is 4.99 Å². The molecular formula is C24H30N4O3. The SMILES string of the molecule is C=c1oc(C)c(C(=O)N2CCCC2c2cccc(OC)c2)/c1=C(/N=CN)NC1(C)CC1. The molecule has 4 rings (SSSR count). The van der Waals surface area contributed by atoms with Crippen molar-refractivity contribution in [1.29, 1.82) is 0 Å². The van der Waals surface area contributed by atoms with Crippen LogP contribution in [-0.4, -0.2) is 36.3 Å². The Morgan fingerprint density at radius 2 is 2.23 bits per heavy atom. The summed E-state index contributed by atoms with van der Waals surface area (Å²) in [5.74, 6) is 1.77. The van der Waals surface area contributed by atoms with E-state index < -0.39 is 0 Å². The fraction of sp³-hybridized carbons (Fsp3) is 0.417. The Kier molecular flexibility index (Phi) is 5.52. The third kappa shape index (κ3) is 4.04. The third-order valence-electron chi connectivity index (χ3n) is 6.22. The summed E-state index contributed by atoms with van der Waals surface area (Å²) in [6.45, 7) is 8.63. The molecule has 2 aromatic rings. The van der Waals surface area contributed by atoms with Crippen molar-refractivity contribution < 1.29 is 13.9 Å². The molecule has 1 amide bonds. The minimum atomic E-state index is -0.0797. The number of aliphatic imine (C=N–C) groups is 1.